The number of rotatable bonds is 31. The van der Waals surface area contributed by atoms with Gasteiger partial charge in [-0.2, -0.15) is 0 Å². The molecule has 0 heterocycles. The molecule has 0 aromatic heterocycles. The van der Waals surface area contributed by atoms with Crippen LogP contribution in [0.25, 0.3) is 0 Å². The minimum atomic E-state index is -4.39. The largest absolute Gasteiger partial charge is 0.756 e. The van der Waals surface area contributed by atoms with Crippen LogP contribution in [-0.2, 0) is 23.1 Å². The Morgan fingerprint density at radius 2 is 1.18 bits per heavy atom. The molecule has 0 saturated carbocycles. The van der Waals surface area contributed by atoms with E-state index in [-0.39, 0.29) is 19.8 Å². The van der Waals surface area contributed by atoms with E-state index in [2.05, 4.69) is 19.1 Å². The molecule has 40 heavy (non-hydrogen) atoms. The molecule has 240 valence electrons. The highest BCUT2D eigenvalue weighted by Gasteiger charge is 2.20. The van der Waals surface area contributed by atoms with Crippen molar-refractivity contribution in [3.05, 3.63) is 12.2 Å². The zero-order valence-corrected chi connectivity index (χ0v) is 27.9. The molecule has 0 rings (SSSR count). The molecule has 0 bridgehead atoms. The molecule has 0 aliphatic heterocycles. The Morgan fingerprint density at radius 1 is 0.700 bits per heavy atom. The number of phosphoric ester groups is 1. The average Bonchev–Trinajstić information content (AvgIpc) is 2.88. The lowest BCUT2D eigenvalue weighted by molar-refractivity contribution is -0.870. The smallest absolute Gasteiger partial charge is 0.268 e. The molecule has 2 atom stereocenters. The zero-order valence-electron chi connectivity index (χ0n) is 27.0. The molecule has 0 amide bonds. The van der Waals surface area contributed by atoms with Gasteiger partial charge in [0.2, 0.25) is 0 Å². The van der Waals surface area contributed by atoms with Crippen LogP contribution in [-0.4, -0.2) is 71.8 Å². The van der Waals surface area contributed by atoms with E-state index in [1.807, 2.05) is 21.1 Å². The lowest BCUT2D eigenvalue weighted by Crippen LogP contribution is -2.38. The van der Waals surface area contributed by atoms with E-state index in [0.717, 1.165) is 12.8 Å². The third kappa shape index (κ3) is 30.7. The quantitative estimate of drug-likeness (QED) is 0.0350. The number of hydrogen-bond donors (Lipinski definition) is 0. The molecule has 7 nitrogen and oxygen atoms in total. The first kappa shape index (κ1) is 39.7. The molecule has 0 aliphatic rings. The monoisotopic (exact) mass is 591 g/mol. The van der Waals surface area contributed by atoms with Crippen LogP contribution in [0.15, 0.2) is 12.2 Å². The number of ether oxygens (including phenoxy) is 2. The minimum Gasteiger partial charge on any atom is -0.756 e. The second kappa shape index (κ2) is 27.6. The first-order valence-electron chi connectivity index (χ1n) is 16.4. The second-order valence-electron chi connectivity index (χ2n) is 12.3. The molecule has 8 heteroatoms. The Hall–Kier alpha value is -0.270. The van der Waals surface area contributed by atoms with Gasteiger partial charge in [-0.1, -0.05) is 109 Å². The number of allylic oxidation sites excluding steroid dienone is 2. The van der Waals surface area contributed by atoms with E-state index in [9.17, 15) is 9.46 Å². The Balaban J connectivity index is 3.55. The van der Waals surface area contributed by atoms with Gasteiger partial charge in [-0.25, -0.2) is 0 Å². The Bertz CT molecular complexity index is 611. The molecule has 0 radical (unpaired) electrons. The summed E-state index contributed by atoms with van der Waals surface area (Å²) < 4.78 is 33.6. The minimum absolute atomic E-state index is 0.0843. The number of unbranched alkanes of at least 4 members (excludes halogenated alkanes) is 17. The molecule has 0 aromatic carbocycles. The first-order valence-corrected chi connectivity index (χ1v) is 17.8. The van der Waals surface area contributed by atoms with Crippen LogP contribution in [0.3, 0.4) is 0 Å². The van der Waals surface area contributed by atoms with Crippen LogP contribution >= 0.6 is 7.82 Å². The maximum atomic E-state index is 12.1. The van der Waals surface area contributed by atoms with Gasteiger partial charge in [0.15, 0.2) is 0 Å². The van der Waals surface area contributed by atoms with E-state index in [4.69, 9.17) is 18.5 Å². The van der Waals surface area contributed by atoms with Gasteiger partial charge in [-0.05, 0) is 32.1 Å². The summed E-state index contributed by atoms with van der Waals surface area (Å²) in [6.45, 7) is 3.84. The summed E-state index contributed by atoms with van der Waals surface area (Å²) in [7, 11) is 3.04. The molecule has 0 spiro atoms. The molecule has 0 fully saturated rings. The number of methoxy groups -OCH3 is 1. The molecule has 0 saturated heterocycles. The predicted octanol–water partition coefficient (Wildman–Crippen LogP) is 8.21. The van der Waals surface area contributed by atoms with Gasteiger partial charge >= 0.3 is 0 Å². The van der Waals surface area contributed by atoms with E-state index < -0.39 is 13.9 Å². The summed E-state index contributed by atoms with van der Waals surface area (Å²) >= 11 is 0. The normalized spacial score (nSPS) is 14.7. The summed E-state index contributed by atoms with van der Waals surface area (Å²) in [5.41, 5.74) is 0. The third-order valence-electron chi connectivity index (χ3n) is 7.00. The molecule has 0 aliphatic carbocycles. The van der Waals surface area contributed by atoms with Gasteiger partial charge in [-0.15, -0.1) is 0 Å². The van der Waals surface area contributed by atoms with E-state index >= 15 is 0 Å². The van der Waals surface area contributed by atoms with Crippen molar-refractivity contribution in [2.24, 2.45) is 0 Å². The lowest BCUT2D eigenvalue weighted by atomic mass is 10.1. The topological polar surface area (TPSA) is 77.1 Å². The summed E-state index contributed by atoms with van der Waals surface area (Å²) in [6, 6.07) is 0. The van der Waals surface area contributed by atoms with E-state index in [0.29, 0.717) is 17.6 Å². The SMILES string of the molecule is CCCCCCCCCCCC/C=C\CCCCCCCCCOC[C@H](COC)OP(=O)([O-])OCC[N+](C)(C)C. The Morgan fingerprint density at radius 3 is 1.65 bits per heavy atom. The van der Waals surface area contributed by atoms with Crippen molar-refractivity contribution >= 4 is 7.82 Å². The van der Waals surface area contributed by atoms with Crippen LogP contribution in [0.4, 0.5) is 0 Å². The van der Waals surface area contributed by atoms with E-state index in [1.54, 1.807) is 0 Å². The average molecular weight is 592 g/mol. The molecule has 1 unspecified atom stereocenters. The van der Waals surface area contributed by atoms with Crippen LogP contribution < -0.4 is 4.89 Å². The van der Waals surface area contributed by atoms with Gasteiger partial charge < -0.3 is 27.9 Å². The highest BCUT2D eigenvalue weighted by atomic mass is 31.2. The van der Waals surface area contributed by atoms with Crippen molar-refractivity contribution in [1.29, 1.82) is 0 Å². The van der Waals surface area contributed by atoms with Crippen molar-refractivity contribution in [1.82, 2.24) is 0 Å². The van der Waals surface area contributed by atoms with Crippen molar-refractivity contribution < 1.29 is 32.5 Å². The highest BCUT2D eigenvalue weighted by Crippen LogP contribution is 2.39. The predicted molar refractivity (Wildman–Crippen MR) is 167 cm³/mol. The first-order chi connectivity index (χ1) is 19.2. The van der Waals surface area contributed by atoms with Crippen LogP contribution in [0.5, 0.6) is 0 Å². The standard InChI is InChI=1S/C32H66NO6P/c1-6-7-8-9-10-11-12-13-14-15-16-17-18-19-20-21-22-23-24-25-26-28-37-31-32(30-36-5)39-40(34,35)38-29-27-33(2,3)4/h17-18,32H,6-16,19-31H2,1-5H3/b18-17-/t32-/m0/s1. The molecule has 0 N–H and O–H groups in total. The van der Waals surface area contributed by atoms with Crippen LogP contribution in [0.1, 0.15) is 129 Å². The van der Waals surface area contributed by atoms with Gasteiger partial charge in [0.25, 0.3) is 7.82 Å². The van der Waals surface area contributed by atoms with Gasteiger partial charge in [-0.3, -0.25) is 4.57 Å². The number of quaternary nitrogens is 1. The summed E-state index contributed by atoms with van der Waals surface area (Å²) in [6.07, 6.45) is 29.1. The third-order valence-corrected chi connectivity index (χ3v) is 8.05. The highest BCUT2D eigenvalue weighted by molar-refractivity contribution is 7.45. The van der Waals surface area contributed by atoms with Crippen molar-refractivity contribution in [2.75, 3.05) is 61.2 Å². The summed E-state index contributed by atoms with van der Waals surface area (Å²) in [5.74, 6) is 0. The van der Waals surface area contributed by atoms with Gasteiger partial charge in [0, 0.05) is 13.7 Å². The summed E-state index contributed by atoms with van der Waals surface area (Å²) in [4.78, 5) is 12.1. The number of phosphoric acid groups is 1. The van der Waals surface area contributed by atoms with Gasteiger partial charge in [0.1, 0.15) is 19.3 Å². The van der Waals surface area contributed by atoms with Crippen molar-refractivity contribution in [3.8, 4) is 0 Å². The van der Waals surface area contributed by atoms with Crippen LogP contribution in [0, 0.1) is 0 Å². The number of likely N-dealkylation sites (N-methyl/N-ethyl adjacent to an activating group) is 1. The molecule has 0 aromatic rings. The van der Waals surface area contributed by atoms with E-state index in [1.165, 1.54) is 116 Å². The fourth-order valence-electron chi connectivity index (χ4n) is 4.48. The number of nitrogens with zero attached hydrogens (tertiary/aromatic N) is 1. The van der Waals surface area contributed by atoms with Crippen molar-refractivity contribution in [2.45, 2.75) is 135 Å². The van der Waals surface area contributed by atoms with Crippen LogP contribution in [0.2, 0.25) is 0 Å². The maximum absolute atomic E-state index is 12.1. The molecular formula is C32H66NO6P. The second-order valence-corrected chi connectivity index (χ2v) is 13.6. The maximum Gasteiger partial charge on any atom is 0.268 e. The zero-order chi connectivity index (χ0) is 29.8. The van der Waals surface area contributed by atoms with Gasteiger partial charge in [0.05, 0.1) is 34.4 Å². The fourth-order valence-corrected chi connectivity index (χ4v) is 5.34. The van der Waals surface area contributed by atoms with Crippen molar-refractivity contribution in [3.63, 3.8) is 0 Å². The Kier molecular flexibility index (Phi) is 27.4. The molecular weight excluding hydrogens is 525 g/mol. The Labute approximate surface area is 248 Å². The summed E-state index contributed by atoms with van der Waals surface area (Å²) in [5, 5.41) is 0. The fraction of sp³-hybridized carbons (Fsp3) is 0.938. The lowest BCUT2D eigenvalue weighted by Gasteiger charge is -2.29. The number of hydrogen-bond acceptors (Lipinski definition) is 6.